The van der Waals surface area contributed by atoms with E-state index in [0.29, 0.717) is 12.1 Å². The maximum atomic E-state index is 7.32. The summed E-state index contributed by atoms with van der Waals surface area (Å²) in [6.07, 6.45) is 7.65. The molecule has 2 saturated carbocycles. The van der Waals surface area contributed by atoms with Crippen molar-refractivity contribution in [2.45, 2.75) is 94.5 Å². The second-order valence-electron chi connectivity index (χ2n) is 9.94. The maximum absolute atomic E-state index is 7.32. The van der Waals surface area contributed by atoms with Crippen LogP contribution in [0.2, 0.25) is 0 Å². The molecule has 0 spiro atoms. The van der Waals surface area contributed by atoms with Crippen LogP contribution in [0.25, 0.3) is 0 Å². The van der Waals surface area contributed by atoms with E-state index in [-0.39, 0.29) is 9.75 Å². The van der Waals surface area contributed by atoms with E-state index >= 15 is 0 Å². The van der Waals surface area contributed by atoms with Gasteiger partial charge in [0.05, 0.1) is 15.8 Å². The van der Waals surface area contributed by atoms with E-state index in [0.717, 1.165) is 51.5 Å². The fourth-order valence-electron chi connectivity index (χ4n) is 4.86. The summed E-state index contributed by atoms with van der Waals surface area (Å²) in [7, 11) is 0. The second kappa shape index (κ2) is 11.3. The van der Waals surface area contributed by atoms with Crippen molar-refractivity contribution in [3.63, 3.8) is 0 Å². The van der Waals surface area contributed by atoms with Gasteiger partial charge in [-0.25, -0.2) is 0 Å². The third-order valence-electron chi connectivity index (χ3n) is 7.06. The van der Waals surface area contributed by atoms with E-state index in [1.165, 1.54) is 29.2 Å². The minimum Gasteiger partial charge on any atom is -0.298 e. The first kappa shape index (κ1) is 26.1. The minimum absolute atomic E-state index is 0.137. The molecule has 4 heteroatoms. The van der Waals surface area contributed by atoms with Gasteiger partial charge in [-0.1, -0.05) is 48.5 Å². The Morgan fingerprint density at radius 3 is 1.85 bits per heavy atom. The molecule has 4 rings (SSSR count). The minimum atomic E-state index is -0.137. The third-order valence-corrected chi connectivity index (χ3v) is 8.23. The fourth-order valence-corrected chi connectivity index (χ4v) is 5.41. The summed E-state index contributed by atoms with van der Waals surface area (Å²) in [6, 6.07) is 20.3. The average Bonchev–Trinajstić information content (AvgIpc) is 3.72. The fraction of sp³-hybridized carbons (Fsp3) is 0.552. The van der Waals surface area contributed by atoms with Crippen LogP contribution in [-0.2, 0) is 22.6 Å². The van der Waals surface area contributed by atoms with Crippen molar-refractivity contribution < 1.29 is 0 Å². The van der Waals surface area contributed by atoms with Gasteiger partial charge in [0.15, 0.2) is 0 Å². The predicted octanol–water partition coefficient (Wildman–Crippen LogP) is 7.95. The van der Waals surface area contributed by atoms with Gasteiger partial charge >= 0.3 is 0 Å². The first-order chi connectivity index (χ1) is 15.7. The molecular formula is C29H38Cl2N2. The maximum Gasteiger partial charge on any atom is 0.0699 e. The Bertz CT molecular complexity index is 904. The van der Waals surface area contributed by atoms with Crippen LogP contribution in [0.5, 0.6) is 0 Å². The summed E-state index contributed by atoms with van der Waals surface area (Å²) >= 11 is 13.8. The van der Waals surface area contributed by atoms with E-state index in [4.69, 9.17) is 28.5 Å². The lowest BCUT2D eigenvalue weighted by Gasteiger charge is -2.33. The molecule has 178 valence electrons. The van der Waals surface area contributed by atoms with Crippen molar-refractivity contribution in [1.82, 2.24) is 4.90 Å². The van der Waals surface area contributed by atoms with Gasteiger partial charge < -0.3 is 0 Å². The molecular weight excluding hydrogens is 447 g/mol. The molecule has 0 bridgehead atoms. The number of alkyl halides is 2. The lowest BCUT2D eigenvalue weighted by atomic mass is 9.90. The van der Waals surface area contributed by atoms with Crippen LogP contribution in [0.3, 0.4) is 0 Å². The van der Waals surface area contributed by atoms with Gasteiger partial charge in [0, 0.05) is 25.6 Å². The van der Waals surface area contributed by atoms with Crippen LogP contribution in [0, 0.1) is 11.3 Å². The van der Waals surface area contributed by atoms with Gasteiger partial charge in [0.1, 0.15) is 0 Å². The Morgan fingerprint density at radius 1 is 0.879 bits per heavy atom. The van der Waals surface area contributed by atoms with E-state index in [1.807, 2.05) is 0 Å². The molecule has 2 fully saturated rings. The van der Waals surface area contributed by atoms with Crippen LogP contribution in [0.4, 0.5) is 0 Å². The Hall–Kier alpha value is -1.53. The SMILES string of the molecule is CC#N.CC(C)N(CCc1ccccc1)C(C)CCc1c(C2(Cl)CC2)cccc1C1(Cl)CC1. The normalized spacial score (nSPS) is 18.3. The van der Waals surface area contributed by atoms with Gasteiger partial charge in [0.25, 0.3) is 0 Å². The lowest BCUT2D eigenvalue weighted by Crippen LogP contribution is -2.40. The highest BCUT2D eigenvalue weighted by Crippen LogP contribution is 2.58. The molecule has 2 aromatic rings. The number of hydrogen-bond donors (Lipinski definition) is 0. The quantitative estimate of drug-likeness (QED) is 0.319. The van der Waals surface area contributed by atoms with Gasteiger partial charge in [-0.3, -0.25) is 4.90 Å². The molecule has 0 N–H and O–H groups in total. The van der Waals surface area contributed by atoms with Gasteiger partial charge in [-0.15, -0.1) is 23.2 Å². The van der Waals surface area contributed by atoms with Crippen molar-refractivity contribution in [1.29, 1.82) is 5.26 Å². The van der Waals surface area contributed by atoms with E-state index in [1.54, 1.807) is 6.07 Å². The topological polar surface area (TPSA) is 27.0 Å². The average molecular weight is 486 g/mol. The highest BCUT2D eigenvalue weighted by molar-refractivity contribution is 6.27. The number of rotatable bonds is 10. The van der Waals surface area contributed by atoms with Gasteiger partial charge in [-0.05, 0) is 88.0 Å². The van der Waals surface area contributed by atoms with Crippen molar-refractivity contribution in [2.24, 2.45) is 0 Å². The first-order valence-electron chi connectivity index (χ1n) is 12.4. The zero-order valence-electron chi connectivity index (χ0n) is 20.6. The van der Waals surface area contributed by atoms with Crippen molar-refractivity contribution >= 4 is 23.2 Å². The van der Waals surface area contributed by atoms with Crippen molar-refractivity contribution in [3.05, 3.63) is 70.8 Å². The standard InChI is InChI=1S/C27H35Cl2N.C2H3N/c1-20(2)30(19-14-22-8-5-4-6-9-22)21(3)12-13-23-24(26(28)15-16-26)10-7-11-25(23)27(29)17-18-27;1-2-3/h4-11,20-21H,12-19H2,1-3H3;1H3. The van der Waals surface area contributed by atoms with E-state index in [9.17, 15) is 0 Å². The predicted molar refractivity (Wildman–Crippen MR) is 141 cm³/mol. The third kappa shape index (κ3) is 6.75. The van der Waals surface area contributed by atoms with Gasteiger partial charge in [-0.2, -0.15) is 5.26 Å². The molecule has 0 aliphatic heterocycles. The van der Waals surface area contributed by atoms with E-state index < -0.39 is 0 Å². The van der Waals surface area contributed by atoms with Gasteiger partial charge in [0.2, 0.25) is 0 Å². The second-order valence-corrected chi connectivity index (χ2v) is 11.4. The van der Waals surface area contributed by atoms with Crippen LogP contribution in [0.1, 0.15) is 82.1 Å². The number of benzene rings is 2. The molecule has 33 heavy (non-hydrogen) atoms. The summed E-state index contributed by atoms with van der Waals surface area (Å²) in [5.74, 6) is 0. The largest absolute Gasteiger partial charge is 0.298 e. The monoisotopic (exact) mass is 484 g/mol. The molecule has 1 unspecified atom stereocenters. The summed E-state index contributed by atoms with van der Waals surface area (Å²) in [4.78, 5) is 2.37. The summed E-state index contributed by atoms with van der Waals surface area (Å²) < 4.78 is 0. The molecule has 2 aliphatic rings. The summed E-state index contributed by atoms with van der Waals surface area (Å²) in [5, 5.41) is 7.32. The van der Waals surface area contributed by atoms with Crippen molar-refractivity contribution in [3.8, 4) is 6.07 Å². The Morgan fingerprint density at radius 2 is 1.39 bits per heavy atom. The molecule has 2 nitrogen and oxygen atoms in total. The van der Waals surface area contributed by atoms with E-state index in [2.05, 4.69) is 74.2 Å². The molecule has 2 aromatic carbocycles. The Kier molecular flexibility index (Phi) is 8.90. The summed E-state index contributed by atoms with van der Waals surface area (Å²) in [5.41, 5.74) is 5.55. The number of hydrogen-bond acceptors (Lipinski definition) is 2. The molecule has 0 aromatic heterocycles. The number of halogens is 2. The molecule has 2 aliphatic carbocycles. The molecule has 1 atom stereocenters. The number of nitrogens with zero attached hydrogens (tertiary/aromatic N) is 2. The first-order valence-corrected chi connectivity index (χ1v) is 13.1. The lowest BCUT2D eigenvalue weighted by molar-refractivity contribution is 0.158. The molecule has 0 amide bonds. The Labute approximate surface area is 210 Å². The van der Waals surface area contributed by atoms with Crippen LogP contribution >= 0.6 is 23.2 Å². The summed E-state index contributed by atoms with van der Waals surface area (Å²) in [6.45, 7) is 9.54. The van der Waals surface area contributed by atoms with Crippen LogP contribution in [-0.4, -0.2) is 23.5 Å². The van der Waals surface area contributed by atoms with Crippen molar-refractivity contribution in [2.75, 3.05) is 6.54 Å². The number of nitriles is 1. The highest BCUT2D eigenvalue weighted by Gasteiger charge is 2.48. The Balaban J connectivity index is 0.000000968. The molecule has 0 heterocycles. The smallest absolute Gasteiger partial charge is 0.0699 e. The van der Waals surface area contributed by atoms with Crippen LogP contribution < -0.4 is 0 Å². The molecule has 0 radical (unpaired) electrons. The zero-order chi connectivity index (χ0) is 24.1. The molecule has 0 saturated heterocycles. The highest BCUT2D eigenvalue weighted by atomic mass is 35.5. The zero-order valence-corrected chi connectivity index (χ0v) is 22.1. The van der Waals surface area contributed by atoms with Crippen LogP contribution in [0.15, 0.2) is 48.5 Å².